The first-order chi connectivity index (χ1) is 14.3. The summed E-state index contributed by atoms with van der Waals surface area (Å²) in [6.07, 6.45) is -3.58. The van der Waals surface area contributed by atoms with Gasteiger partial charge in [-0.15, -0.1) is 10.2 Å². The number of nitrogens with one attached hydrogen (secondary N) is 1. The summed E-state index contributed by atoms with van der Waals surface area (Å²) in [5.74, 6) is 0.219. The fourth-order valence-electron chi connectivity index (χ4n) is 2.76. The van der Waals surface area contributed by atoms with Crippen LogP contribution in [0.4, 0.5) is 24.8 Å². The molecule has 0 amide bonds. The SMILES string of the molecule is CC(C)n1c(N)nnc1-c1ncc(Cl)cc1NS(=O)(=O)c1ccc(Cl)c(C(F)(F)F)c1. The van der Waals surface area contributed by atoms with Crippen LogP contribution < -0.4 is 10.5 Å². The molecule has 0 bridgehead atoms. The number of hydrogen-bond acceptors (Lipinski definition) is 6. The molecule has 3 N–H and O–H groups in total. The van der Waals surface area contributed by atoms with E-state index in [1.165, 1.54) is 16.8 Å². The van der Waals surface area contributed by atoms with E-state index in [0.29, 0.717) is 6.07 Å². The second kappa shape index (κ2) is 8.17. The third kappa shape index (κ3) is 4.70. The van der Waals surface area contributed by atoms with Gasteiger partial charge in [0.2, 0.25) is 5.95 Å². The molecule has 0 unspecified atom stereocenters. The zero-order chi connectivity index (χ0) is 23.1. The summed E-state index contributed by atoms with van der Waals surface area (Å²) in [7, 11) is -4.48. The standard InChI is InChI=1S/C17H15Cl2F3N6O2S/c1-8(2)28-15(25-26-16(28)23)14-13(5-9(18)7-24-14)27-31(29,30)10-3-4-12(19)11(6-10)17(20,21)22/h3-8,27H,1-2H3,(H2,23,26). The Bertz CT molecular complexity index is 1250. The first kappa shape index (κ1) is 23.1. The summed E-state index contributed by atoms with van der Waals surface area (Å²) >= 11 is 11.5. The molecule has 0 saturated carbocycles. The monoisotopic (exact) mass is 494 g/mol. The normalized spacial score (nSPS) is 12.4. The average Bonchev–Trinajstić information content (AvgIpc) is 3.02. The summed E-state index contributed by atoms with van der Waals surface area (Å²) in [5.41, 5.74) is 4.46. The molecular formula is C17H15Cl2F3N6O2S. The van der Waals surface area contributed by atoms with E-state index in [1.54, 1.807) is 13.8 Å². The van der Waals surface area contributed by atoms with Gasteiger partial charge in [-0.3, -0.25) is 9.29 Å². The molecule has 0 spiro atoms. The molecule has 14 heteroatoms. The molecule has 0 fully saturated rings. The van der Waals surface area contributed by atoms with Crippen LogP contribution in [0.2, 0.25) is 10.0 Å². The third-order valence-electron chi connectivity index (χ3n) is 4.10. The number of halogens is 5. The highest BCUT2D eigenvalue weighted by Gasteiger charge is 2.34. The Morgan fingerprint density at radius 2 is 1.84 bits per heavy atom. The molecule has 3 rings (SSSR count). The van der Waals surface area contributed by atoms with Gasteiger partial charge in [0.15, 0.2) is 5.82 Å². The van der Waals surface area contributed by atoms with Gasteiger partial charge in [-0.1, -0.05) is 23.2 Å². The van der Waals surface area contributed by atoms with Crippen molar-refractivity contribution in [3.63, 3.8) is 0 Å². The molecule has 1 aromatic carbocycles. The summed E-state index contributed by atoms with van der Waals surface area (Å²) < 4.78 is 68.9. The Hall–Kier alpha value is -2.57. The van der Waals surface area contributed by atoms with Crippen LogP contribution >= 0.6 is 23.2 Å². The number of pyridine rings is 1. The van der Waals surface area contributed by atoms with E-state index in [2.05, 4.69) is 19.9 Å². The second-order valence-electron chi connectivity index (χ2n) is 6.64. The highest BCUT2D eigenvalue weighted by molar-refractivity contribution is 7.92. The highest BCUT2D eigenvalue weighted by Crippen LogP contribution is 2.37. The van der Waals surface area contributed by atoms with Crippen molar-refractivity contribution in [1.82, 2.24) is 19.7 Å². The van der Waals surface area contributed by atoms with Crippen LogP contribution in [0.15, 0.2) is 35.4 Å². The van der Waals surface area contributed by atoms with Crippen LogP contribution in [0.5, 0.6) is 0 Å². The molecule has 0 saturated heterocycles. The zero-order valence-electron chi connectivity index (χ0n) is 15.9. The smallest absolute Gasteiger partial charge is 0.368 e. The summed E-state index contributed by atoms with van der Waals surface area (Å²) in [5, 5.41) is 7.17. The van der Waals surface area contributed by atoms with Gasteiger partial charge in [0.05, 0.1) is 26.2 Å². The van der Waals surface area contributed by atoms with Crippen molar-refractivity contribution in [3.8, 4) is 11.5 Å². The van der Waals surface area contributed by atoms with Crippen LogP contribution in [0.25, 0.3) is 11.5 Å². The molecule has 0 atom stereocenters. The van der Waals surface area contributed by atoms with Crippen molar-refractivity contribution in [2.75, 3.05) is 10.5 Å². The fraction of sp³-hybridized carbons (Fsp3) is 0.235. The van der Waals surface area contributed by atoms with Gasteiger partial charge in [0, 0.05) is 12.2 Å². The van der Waals surface area contributed by atoms with Crippen LogP contribution in [0.1, 0.15) is 25.5 Å². The maximum absolute atomic E-state index is 13.1. The topological polar surface area (TPSA) is 116 Å². The van der Waals surface area contributed by atoms with Crippen molar-refractivity contribution < 1.29 is 21.6 Å². The molecular weight excluding hydrogens is 480 g/mol. The van der Waals surface area contributed by atoms with Crippen molar-refractivity contribution in [1.29, 1.82) is 0 Å². The van der Waals surface area contributed by atoms with Gasteiger partial charge in [-0.25, -0.2) is 13.4 Å². The Morgan fingerprint density at radius 1 is 1.16 bits per heavy atom. The maximum atomic E-state index is 13.1. The van der Waals surface area contributed by atoms with Crippen LogP contribution in [-0.4, -0.2) is 28.2 Å². The quantitative estimate of drug-likeness (QED) is 0.534. The minimum absolute atomic E-state index is 0.0379. The largest absolute Gasteiger partial charge is 0.417 e. The number of rotatable bonds is 5. The summed E-state index contributed by atoms with van der Waals surface area (Å²) in [4.78, 5) is 3.46. The van der Waals surface area contributed by atoms with Gasteiger partial charge in [0.25, 0.3) is 10.0 Å². The van der Waals surface area contributed by atoms with Crippen molar-refractivity contribution in [3.05, 3.63) is 46.1 Å². The van der Waals surface area contributed by atoms with Gasteiger partial charge in [-0.05, 0) is 38.1 Å². The van der Waals surface area contributed by atoms with Gasteiger partial charge < -0.3 is 5.73 Å². The fourth-order valence-corrected chi connectivity index (χ4v) is 4.23. The van der Waals surface area contributed by atoms with E-state index in [9.17, 15) is 21.6 Å². The average molecular weight is 495 g/mol. The number of alkyl halides is 3. The van der Waals surface area contributed by atoms with Crippen LogP contribution in [0.3, 0.4) is 0 Å². The number of nitrogens with two attached hydrogens (primary N) is 1. The minimum Gasteiger partial charge on any atom is -0.368 e. The lowest BCUT2D eigenvalue weighted by Gasteiger charge is -2.16. The Kier molecular flexibility index (Phi) is 6.09. The molecule has 31 heavy (non-hydrogen) atoms. The van der Waals surface area contributed by atoms with E-state index in [1.807, 2.05) is 0 Å². The first-order valence-electron chi connectivity index (χ1n) is 8.57. The van der Waals surface area contributed by atoms with Crippen LogP contribution in [-0.2, 0) is 16.2 Å². The van der Waals surface area contributed by atoms with Crippen molar-refractivity contribution >= 4 is 44.9 Å². The molecule has 0 radical (unpaired) electrons. The molecule has 2 aromatic heterocycles. The number of nitrogen functional groups attached to an aromatic ring is 1. The lowest BCUT2D eigenvalue weighted by atomic mass is 10.2. The number of sulfonamides is 1. The number of anilines is 2. The van der Waals surface area contributed by atoms with E-state index < -0.39 is 31.7 Å². The molecule has 3 aromatic rings. The molecule has 0 aliphatic heterocycles. The highest BCUT2D eigenvalue weighted by atomic mass is 35.5. The molecule has 0 aliphatic carbocycles. The molecule has 0 aliphatic rings. The van der Waals surface area contributed by atoms with E-state index >= 15 is 0 Å². The lowest BCUT2D eigenvalue weighted by Crippen LogP contribution is -2.16. The predicted molar refractivity (Wildman–Crippen MR) is 110 cm³/mol. The van der Waals surface area contributed by atoms with Crippen LogP contribution in [0, 0.1) is 0 Å². The number of benzene rings is 1. The van der Waals surface area contributed by atoms with Gasteiger partial charge in [-0.2, -0.15) is 13.2 Å². The first-order valence-corrected chi connectivity index (χ1v) is 10.8. The molecule has 166 valence electrons. The van der Waals surface area contributed by atoms with Gasteiger partial charge >= 0.3 is 6.18 Å². The predicted octanol–water partition coefficient (Wildman–Crippen LogP) is 4.63. The molecule has 8 nitrogen and oxygen atoms in total. The number of nitrogens with zero attached hydrogens (tertiary/aromatic N) is 4. The third-order valence-corrected chi connectivity index (χ3v) is 6.00. The van der Waals surface area contributed by atoms with E-state index in [-0.39, 0.29) is 34.2 Å². The Balaban J connectivity index is 2.11. The van der Waals surface area contributed by atoms with Crippen molar-refractivity contribution in [2.45, 2.75) is 31.0 Å². The number of hydrogen-bond donors (Lipinski definition) is 2. The van der Waals surface area contributed by atoms with Gasteiger partial charge in [0.1, 0.15) is 5.69 Å². The summed E-state index contributed by atoms with van der Waals surface area (Å²) in [6.45, 7) is 3.60. The molecule has 2 heterocycles. The van der Waals surface area contributed by atoms with E-state index in [0.717, 1.165) is 12.1 Å². The lowest BCUT2D eigenvalue weighted by molar-refractivity contribution is -0.137. The second-order valence-corrected chi connectivity index (χ2v) is 9.17. The zero-order valence-corrected chi connectivity index (χ0v) is 18.3. The Labute approximate surface area is 185 Å². The maximum Gasteiger partial charge on any atom is 0.417 e. The minimum atomic E-state index is -4.84. The summed E-state index contributed by atoms with van der Waals surface area (Å²) in [6, 6.07) is 3.30. The number of aromatic nitrogens is 4. The van der Waals surface area contributed by atoms with E-state index in [4.69, 9.17) is 28.9 Å². The van der Waals surface area contributed by atoms with Crippen molar-refractivity contribution in [2.24, 2.45) is 0 Å². The Morgan fingerprint density at radius 3 is 2.45 bits per heavy atom.